The minimum Gasteiger partial charge on any atom is -0.459 e. The molecule has 0 spiro atoms. The summed E-state index contributed by atoms with van der Waals surface area (Å²) >= 11 is 1.06. The Morgan fingerprint density at radius 1 is 0.788 bits per heavy atom. The van der Waals surface area contributed by atoms with E-state index in [1.807, 2.05) is 27.7 Å². The van der Waals surface area contributed by atoms with Gasteiger partial charge in [0.15, 0.2) is 0 Å². The largest absolute Gasteiger partial charge is 0.459 e. The van der Waals surface area contributed by atoms with E-state index in [4.69, 9.17) is 9.47 Å². The number of carbonyl (C=O) groups excluding carboxylic acids is 4. The maximum absolute atomic E-state index is 12.7. The first-order valence-corrected chi connectivity index (χ1v) is 11.5. The van der Waals surface area contributed by atoms with Crippen molar-refractivity contribution in [2.45, 2.75) is 39.8 Å². The van der Waals surface area contributed by atoms with E-state index in [0.717, 1.165) is 11.3 Å². The van der Waals surface area contributed by atoms with Gasteiger partial charge in [-0.3, -0.25) is 9.59 Å². The van der Waals surface area contributed by atoms with E-state index in [2.05, 4.69) is 15.6 Å². The van der Waals surface area contributed by atoms with Gasteiger partial charge in [0, 0.05) is 0 Å². The fourth-order valence-electron chi connectivity index (χ4n) is 3.00. The number of rotatable bonds is 2. The minimum atomic E-state index is -0.712. The summed E-state index contributed by atoms with van der Waals surface area (Å²) in [6.07, 6.45) is 0. The van der Waals surface area contributed by atoms with Gasteiger partial charge in [-0.05, 0) is 36.1 Å². The smallest absolute Gasteiger partial charge is 0.357 e. The standard InChI is InChI=1S/C23H27N3O6S/c1-12(2)16-10-31-22(29)14-6-5-7-15(24-14)23(30)32-11-17(13(3)4)26-21(28)19-9-8-18(33-19)20(27)25-16/h5-9,12-13,16-17H,10-11H2,1-4H3,(H,25,27)(H,26,28). The molecule has 2 unspecified atom stereocenters. The topological polar surface area (TPSA) is 124 Å². The number of ether oxygens (including phenoxy) is 2. The van der Waals surface area contributed by atoms with Crippen LogP contribution in [-0.4, -0.2) is 54.0 Å². The Kier molecular flexibility index (Phi) is 7.80. The SMILES string of the molecule is CC(C)C1COC(=O)c2cccc(n2)C(=O)OCC(C(C)C)NC(=O)c2ccc(s2)C(=O)N1. The van der Waals surface area contributed by atoms with Gasteiger partial charge < -0.3 is 20.1 Å². The molecule has 10 heteroatoms. The van der Waals surface area contributed by atoms with Crippen LogP contribution in [0.2, 0.25) is 0 Å². The summed E-state index contributed by atoms with van der Waals surface area (Å²) in [5, 5.41) is 5.72. The number of hydrogen-bond donors (Lipinski definition) is 2. The second kappa shape index (κ2) is 10.6. The third kappa shape index (κ3) is 6.16. The minimum absolute atomic E-state index is 0.0313. The van der Waals surface area contributed by atoms with E-state index in [1.165, 1.54) is 18.2 Å². The highest BCUT2D eigenvalue weighted by molar-refractivity contribution is 7.15. The lowest BCUT2D eigenvalue weighted by Gasteiger charge is -2.22. The van der Waals surface area contributed by atoms with Gasteiger partial charge in [-0.15, -0.1) is 11.3 Å². The Bertz CT molecular complexity index is 973. The Hall–Kier alpha value is -3.27. The van der Waals surface area contributed by atoms with Crippen LogP contribution < -0.4 is 10.6 Å². The van der Waals surface area contributed by atoms with E-state index in [1.54, 1.807) is 12.1 Å². The summed E-state index contributed by atoms with van der Waals surface area (Å²) in [7, 11) is 0. The lowest BCUT2D eigenvalue weighted by Crippen LogP contribution is -2.42. The number of nitrogens with zero attached hydrogens (tertiary/aromatic N) is 1. The summed E-state index contributed by atoms with van der Waals surface area (Å²) in [4.78, 5) is 55.3. The molecule has 4 bridgehead atoms. The van der Waals surface area contributed by atoms with Gasteiger partial charge >= 0.3 is 11.9 Å². The molecule has 0 saturated carbocycles. The summed E-state index contributed by atoms with van der Waals surface area (Å²) < 4.78 is 10.7. The highest BCUT2D eigenvalue weighted by Gasteiger charge is 2.25. The van der Waals surface area contributed by atoms with E-state index in [0.29, 0.717) is 9.75 Å². The molecule has 2 N–H and O–H groups in total. The zero-order valence-electron chi connectivity index (χ0n) is 18.9. The molecule has 2 aromatic heterocycles. The lowest BCUT2D eigenvalue weighted by atomic mass is 10.1. The number of cyclic esters (lactones) is 2. The number of carbonyl (C=O) groups is 4. The zero-order chi connectivity index (χ0) is 24.1. The van der Waals surface area contributed by atoms with Crippen molar-refractivity contribution in [3.63, 3.8) is 0 Å². The van der Waals surface area contributed by atoms with Crippen LogP contribution in [0.4, 0.5) is 0 Å². The second-order valence-corrected chi connectivity index (χ2v) is 9.50. The van der Waals surface area contributed by atoms with Crippen LogP contribution in [0.15, 0.2) is 30.3 Å². The maximum atomic E-state index is 12.7. The number of aromatic nitrogens is 1. The predicted octanol–water partition coefficient (Wildman–Crippen LogP) is 2.68. The first-order chi connectivity index (χ1) is 15.7. The summed E-state index contributed by atoms with van der Waals surface area (Å²) in [5.41, 5.74) is -0.0907. The van der Waals surface area contributed by atoms with Crippen LogP contribution in [0.1, 0.15) is 68.0 Å². The van der Waals surface area contributed by atoms with E-state index >= 15 is 0 Å². The number of thiophene rings is 1. The van der Waals surface area contributed by atoms with Gasteiger partial charge in [0.25, 0.3) is 11.8 Å². The second-order valence-electron chi connectivity index (χ2n) is 8.42. The van der Waals surface area contributed by atoms with Gasteiger partial charge in [-0.25, -0.2) is 14.6 Å². The molecule has 0 saturated heterocycles. The highest BCUT2D eigenvalue weighted by Crippen LogP contribution is 2.18. The van der Waals surface area contributed by atoms with Crippen LogP contribution in [0.25, 0.3) is 0 Å². The molecule has 2 amide bonds. The highest BCUT2D eigenvalue weighted by atomic mass is 32.1. The van der Waals surface area contributed by atoms with Crippen LogP contribution in [-0.2, 0) is 9.47 Å². The van der Waals surface area contributed by atoms with Crippen molar-refractivity contribution >= 4 is 35.1 Å². The van der Waals surface area contributed by atoms with Gasteiger partial charge in [0.05, 0.1) is 21.8 Å². The summed E-state index contributed by atoms with van der Waals surface area (Å²) in [6.45, 7) is 7.40. The molecule has 2 atom stereocenters. The van der Waals surface area contributed by atoms with Crippen LogP contribution >= 0.6 is 11.3 Å². The van der Waals surface area contributed by atoms with E-state index in [-0.39, 0.29) is 48.3 Å². The maximum Gasteiger partial charge on any atom is 0.357 e. The quantitative estimate of drug-likeness (QED) is 0.643. The van der Waals surface area contributed by atoms with Gasteiger partial charge in [-0.1, -0.05) is 33.8 Å². The fraction of sp³-hybridized carbons (Fsp3) is 0.435. The first kappa shape index (κ1) is 24.4. The average molecular weight is 474 g/mol. The predicted molar refractivity (Wildman–Crippen MR) is 121 cm³/mol. The molecule has 9 nitrogen and oxygen atoms in total. The van der Waals surface area contributed by atoms with Crippen LogP contribution in [0.3, 0.4) is 0 Å². The number of pyridine rings is 1. The summed E-state index contributed by atoms with van der Waals surface area (Å²) in [6, 6.07) is 6.61. The molecule has 1 aliphatic heterocycles. The van der Waals surface area contributed by atoms with Crippen molar-refractivity contribution < 1.29 is 28.7 Å². The monoisotopic (exact) mass is 473 g/mol. The van der Waals surface area contributed by atoms with Crippen molar-refractivity contribution in [1.29, 1.82) is 0 Å². The number of amides is 2. The molecule has 2 aromatic rings. The third-order valence-corrected chi connectivity index (χ3v) is 6.33. The molecule has 0 aliphatic carbocycles. The molecular weight excluding hydrogens is 446 g/mol. The van der Waals surface area contributed by atoms with Gasteiger partial charge in [0.1, 0.15) is 24.6 Å². The molecule has 0 radical (unpaired) electrons. The molecule has 0 fully saturated rings. The van der Waals surface area contributed by atoms with Crippen molar-refractivity contribution in [3.8, 4) is 0 Å². The zero-order valence-corrected chi connectivity index (χ0v) is 19.7. The Balaban J connectivity index is 1.92. The first-order valence-electron chi connectivity index (χ1n) is 10.7. The number of fused-ring (bicyclic) bond motifs is 4. The Morgan fingerprint density at radius 2 is 1.21 bits per heavy atom. The molecule has 3 rings (SSSR count). The van der Waals surface area contributed by atoms with Crippen LogP contribution in [0.5, 0.6) is 0 Å². The molecule has 176 valence electrons. The van der Waals surface area contributed by atoms with E-state index < -0.39 is 24.0 Å². The lowest BCUT2D eigenvalue weighted by molar-refractivity contribution is 0.0413. The molecule has 33 heavy (non-hydrogen) atoms. The van der Waals surface area contributed by atoms with Crippen molar-refractivity contribution in [3.05, 3.63) is 51.5 Å². The van der Waals surface area contributed by atoms with Crippen LogP contribution in [0, 0.1) is 11.8 Å². The number of hydrogen-bond acceptors (Lipinski definition) is 8. The Morgan fingerprint density at radius 3 is 1.61 bits per heavy atom. The van der Waals surface area contributed by atoms with Crippen molar-refractivity contribution in [2.24, 2.45) is 11.8 Å². The normalized spacial score (nSPS) is 20.4. The molecule has 3 heterocycles. The Labute approximate surface area is 195 Å². The van der Waals surface area contributed by atoms with Gasteiger partial charge in [-0.2, -0.15) is 0 Å². The summed E-state index contributed by atoms with van der Waals surface area (Å²) in [5.74, 6) is -2.20. The third-order valence-electron chi connectivity index (χ3n) is 5.25. The number of nitrogens with one attached hydrogen (secondary N) is 2. The number of esters is 2. The van der Waals surface area contributed by atoms with Crippen molar-refractivity contribution in [1.82, 2.24) is 15.6 Å². The molecule has 0 aromatic carbocycles. The van der Waals surface area contributed by atoms with Gasteiger partial charge in [0.2, 0.25) is 0 Å². The molecular formula is C23H27N3O6S. The average Bonchev–Trinajstić information content (AvgIpc) is 3.28. The fourth-order valence-corrected chi connectivity index (χ4v) is 3.82. The van der Waals surface area contributed by atoms with E-state index in [9.17, 15) is 19.2 Å². The van der Waals surface area contributed by atoms with Crippen molar-refractivity contribution in [2.75, 3.05) is 13.2 Å². The molecule has 1 aliphatic rings.